The zero-order valence-corrected chi connectivity index (χ0v) is 42.3. The van der Waals surface area contributed by atoms with Gasteiger partial charge in [0.2, 0.25) is 0 Å². The fraction of sp³-hybridized carbons (Fsp3) is 0.0800. The molecule has 2 aliphatic heterocycles. The summed E-state index contributed by atoms with van der Waals surface area (Å²) >= 11 is 23.8. The maximum atomic E-state index is 10.8. The first-order valence-corrected chi connectivity index (χ1v) is 24.3. The minimum absolute atomic E-state index is 0.369. The number of H-pyrrole nitrogens is 2. The number of rotatable bonds is 6. The summed E-state index contributed by atoms with van der Waals surface area (Å²) in [7, 11) is 0. The number of nitrogens with zero attached hydrogens (tertiary/aromatic N) is 6. The summed E-state index contributed by atoms with van der Waals surface area (Å²) in [4.78, 5) is 18.6. The second-order valence-corrected chi connectivity index (χ2v) is 19.6. The summed E-state index contributed by atoms with van der Waals surface area (Å²) in [6, 6.07) is 48.0. The second kappa shape index (κ2) is 18.2. The molecule has 4 aromatic carbocycles. The zero-order valence-electron chi connectivity index (χ0n) is 32.8. The molecule has 0 amide bonds. The summed E-state index contributed by atoms with van der Waals surface area (Å²) in [6.45, 7) is 0. The maximum Gasteiger partial charge on any atom is 0.142 e. The Balaban J connectivity index is 1.67. The van der Waals surface area contributed by atoms with Crippen molar-refractivity contribution in [3.05, 3.63) is 162 Å². The van der Waals surface area contributed by atoms with E-state index in [1.807, 2.05) is 121 Å². The summed E-state index contributed by atoms with van der Waals surface area (Å²) in [6.07, 6.45) is 0. The quantitative estimate of drug-likeness (QED) is 0.169. The van der Waals surface area contributed by atoms with Gasteiger partial charge in [-0.25, -0.2) is 4.98 Å². The van der Waals surface area contributed by atoms with Crippen molar-refractivity contribution in [1.29, 1.82) is 21.0 Å². The highest BCUT2D eigenvalue weighted by atomic mass is 79.9. The van der Waals surface area contributed by atoms with E-state index in [0.29, 0.717) is 73.9 Å². The van der Waals surface area contributed by atoms with Gasteiger partial charge in [-0.05, 0) is 118 Å². The Bertz CT molecular complexity index is 3160. The SMILES string of the molecule is N#CC(C#N)[C@@H]1c2nc(c(-c3ccccc3)c3[nH]c(c(Br)c3Br)c(-c3ccccc3)c3nc(c(-c4ccccc4)c4[nH]c(c(Br)c4Br)c2-c2ccccc2)C(Br)=C3Br)[C@H]1C(C#N)C#N. The predicted octanol–water partition coefficient (Wildman–Crippen LogP) is 15.8. The number of nitrogens with one attached hydrogen (secondary N) is 2. The van der Waals surface area contributed by atoms with E-state index in [4.69, 9.17) is 9.97 Å². The molecule has 8 bridgehead atoms. The average Bonchev–Trinajstić information content (AvgIpc) is 4.02. The third-order valence-corrected chi connectivity index (χ3v) is 17.7. The van der Waals surface area contributed by atoms with Crippen LogP contribution in [0.25, 0.3) is 75.5 Å². The van der Waals surface area contributed by atoms with Crippen LogP contribution in [0, 0.1) is 57.2 Å². The number of hydrogen-bond acceptors (Lipinski definition) is 6. The number of aromatic amines is 2. The van der Waals surface area contributed by atoms with E-state index in [0.717, 1.165) is 42.3 Å². The molecule has 0 aliphatic carbocycles. The van der Waals surface area contributed by atoms with Gasteiger partial charge in [0.15, 0.2) is 0 Å². The van der Waals surface area contributed by atoms with Crippen LogP contribution in [0.3, 0.4) is 0 Å². The monoisotopic (exact) mass is 1210 g/mol. The van der Waals surface area contributed by atoms with Crippen LogP contribution in [0.5, 0.6) is 0 Å². The summed E-state index contributed by atoms with van der Waals surface area (Å²) in [5.41, 5.74) is 10.4. The average molecular weight is 1220 g/mol. The lowest BCUT2D eigenvalue weighted by Crippen LogP contribution is -2.21. The van der Waals surface area contributed by atoms with Gasteiger partial charge in [-0.2, -0.15) is 21.0 Å². The Morgan fingerprint density at radius 1 is 0.391 bits per heavy atom. The first-order chi connectivity index (χ1) is 31.1. The van der Waals surface area contributed by atoms with Gasteiger partial charge in [0.25, 0.3) is 0 Å². The van der Waals surface area contributed by atoms with Crippen LogP contribution in [0.15, 0.2) is 139 Å². The Labute approximate surface area is 418 Å². The Morgan fingerprint density at radius 2 is 0.656 bits per heavy atom. The van der Waals surface area contributed by atoms with E-state index < -0.39 is 23.7 Å². The number of fused-ring (bicyclic) bond motifs is 8. The Morgan fingerprint density at radius 3 is 0.938 bits per heavy atom. The molecule has 5 heterocycles. The molecule has 0 fully saturated rings. The summed E-state index contributed by atoms with van der Waals surface area (Å²) in [5.74, 6) is -4.72. The van der Waals surface area contributed by atoms with Gasteiger partial charge in [0.05, 0.1) is 96.0 Å². The lowest BCUT2D eigenvalue weighted by atomic mass is 9.72. The standard InChI is InChI=1S/C50H26Br6N8/c51-37-39(53)47-35(27-17-9-3-10-18-27)49-41(55)42(56)50(64-49)36(28-19-11-4-12-20-28)48-40(54)38(52)46(63-48)34(26-15-7-2-8-16-26)44-32(30(23-59)24-60)31(29(21-57)22-58)43(61-44)33(45(37)62-47)25-13-5-1-6-14-25/h1-20,29-32,62-63H/t31-,32-/m0/s1. The fourth-order valence-electron chi connectivity index (χ4n) is 8.58. The van der Waals surface area contributed by atoms with Crippen LogP contribution in [-0.2, 0) is 0 Å². The van der Waals surface area contributed by atoms with Crippen LogP contribution < -0.4 is 0 Å². The zero-order chi connectivity index (χ0) is 44.8. The summed E-state index contributed by atoms with van der Waals surface area (Å²) in [5, 5.41) is 43.3. The molecule has 2 N–H and O–H groups in total. The van der Waals surface area contributed by atoms with E-state index in [2.05, 4.69) is 130 Å². The highest BCUT2D eigenvalue weighted by Gasteiger charge is 2.46. The van der Waals surface area contributed by atoms with Crippen molar-refractivity contribution in [3.8, 4) is 68.8 Å². The van der Waals surface area contributed by atoms with Crippen molar-refractivity contribution < 1.29 is 0 Å². The molecule has 0 saturated heterocycles. The highest BCUT2D eigenvalue weighted by Crippen LogP contribution is 2.55. The molecule has 308 valence electrons. The molecule has 2 aliphatic rings. The molecule has 0 unspecified atom stereocenters. The third-order valence-electron chi connectivity index (χ3n) is 11.4. The second-order valence-electron chi connectivity index (χ2n) is 14.8. The highest BCUT2D eigenvalue weighted by molar-refractivity contribution is 9.18. The first kappa shape index (κ1) is 43.8. The maximum absolute atomic E-state index is 10.8. The topological polar surface area (TPSA) is 153 Å². The third kappa shape index (κ3) is 7.31. The van der Waals surface area contributed by atoms with Crippen molar-refractivity contribution in [2.24, 2.45) is 11.8 Å². The van der Waals surface area contributed by atoms with Gasteiger partial charge in [-0.1, -0.05) is 121 Å². The number of halogens is 6. The van der Waals surface area contributed by atoms with Crippen LogP contribution in [-0.4, -0.2) is 19.9 Å². The summed E-state index contributed by atoms with van der Waals surface area (Å²) < 4.78 is 4.07. The Hall–Kier alpha value is -5.42. The van der Waals surface area contributed by atoms with Gasteiger partial charge < -0.3 is 9.97 Å². The molecule has 7 aromatic rings. The van der Waals surface area contributed by atoms with Crippen molar-refractivity contribution in [2.75, 3.05) is 0 Å². The molecule has 14 heteroatoms. The van der Waals surface area contributed by atoms with Gasteiger partial charge >= 0.3 is 0 Å². The molecule has 9 rings (SSSR count). The molecular formula is C50H26Br6N8. The van der Waals surface area contributed by atoms with Crippen LogP contribution in [0.2, 0.25) is 0 Å². The molecule has 3 aromatic heterocycles. The molecule has 8 nitrogen and oxygen atoms in total. The minimum Gasteiger partial charge on any atom is -0.352 e. The Kier molecular flexibility index (Phi) is 12.5. The van der Waals surface area contributed by atoms with Gasteiger partial charge in [-0.3, -0.25) is 4.98 Å². The van der Waals surface area contributed by atoms with Crippen molar-refractivity contribution in [3.63, 3.8) is 0 Å². The number of hydrogen-bond donors (Lipinski definition) is 2. The molecule has 0 saturated carbocycles. The van der Waals surface area contributed by atoms with Crippen LogP contribution in [0.4, 0.5) is 0 Å². The van der Waals surface area contributed by atoms with Crippen molar-refractivity contribution in [1.82, 2.24) is 19.9 Å². The smallest absolute Gasteiger partial charge is 0.142 e. The van der Waals surface area contributed by atoms with E-state index in [1.54, 1.807) is 0 Å². The van der Waals surface area contributed by atoms with Crippen molar-refractivity contribution in [2.45, 2.75) is 11.8 Å². The van der Waals surface area contributed by atoms with Crippen LogP contribution in [0.1, 0.15) is 34.6 Å². The van der Waals surface area contributed by atoms with Gasteiger partial charge in [0, 0.05) is 34.1 Å². The van der Waals surface area contributed by atoms with Gasteiger partial charge in [-0.15, -0.1) is 0 Å². The van der Waals surface area contributed by atoms with E-state index in [1.165, 1.54) is 0 Å². The van der Waals surface area contributed by atoms with Crippen LogP contribution >= 0.6 is 95.6 Å². The number of nitriles is 4. The van der Waals surface area contributed by atoms with E-state index in [-0.39, 0.29) is 0 Å². The molecule has 64 heavy (non-hydrogen) atoms. The molecular weight excluding hydrogens is 1190 g/mol. The number of benzene rings is 4. The van der Waals surface area contributed by atoms with E-state index >= 15 is 0 Å². The normalized spacial score (nSPS) is 14.6. The van der Waals surface area contributed by atoms with E-state index in [9.17, 15) is 21.0 Å². The fourth-order valence-corrected chi connectivity index (χ4v) is 11.5. The lowest BCUT2D eigenvalue weighted by Gasteiger charge is -2.23. The largest absolute Gasteiger partial charge is 0.352 e. The number of aromatic nitrogens is 4. The van der Waals surface area contributed by atoms with Gasteiger partial charge in [0.1, 0.15) is 11.8 Å². The lowest BCUT2D eigenvalue weighted by molar-refractivity contribution is 0.473. The predicted molar refractivity (Wildman–Crippen MR) is 273 cm³/mol. The minimum atomic E-state index is -1.32. The van der Waals surface area contributed by atoms with Crippen molar-refractivity contribution >= 4 is 127 Å². The molecule has 2 atom stereocenters. The molecule has 0 spiro atoms. The first-order valence-electron chi connectivity index (χ1n) is 19.5. The molecule has 0 radical (unpaired) electrons.